The maximum Gasteiger partial charge on any atom is 0.271 e. The summed E-state index contributed by atoms with van der Waals surface area (Å²) >= 11 is 0. The minimum atomic E-state index is -0.388. The van der Waals surface area contributed by atoms with Gasteiger partial charge in [0.25, 0.3) is 5.69 Å². The first-order valence-electron chi connectivity index (χ1n) is 5.43. The van der Waals surface area contributed by atoms with Crippen molar-refractivity contribution in [2.75, 3.05) is 25.0 Å². The van der Waals surface area contributed by atoms with Crippen molar-refractivity contribution >= 4 is 11.4 Å². The average molecular weight is 223 g/mol. The number of rotatable bonds is 7. The van der Waals surface area contributed by atoms with Crippen molar-refractivity contribution in [1.82, 2.24) is 5.32 Å². The van der Waals surface area contributed by atoms with Gasteiger partial charge in [0.2, 0.25) is 0 Å². The highest BCUT2D eigenvalue weighted by Crippen LogP contribution is 2.16. The average Bonchev–Trinajstić information content (AvgIpc) is 2.29. The van der Waals surface area contributed by atoms with Crippen LogP contribution in [0.1, 0.15) is 13.3 Å². The van der Waals surface area contributed by atoms with Crippen molar-refractivity contribution in [1.29, 1.82) is 0 Å². The number of non-ortho nitro benzene ring substituents is 1. The van der Waals surface area contributed by atoms with E-state index >= 15 is 0 Å². The topological polar surface area (TPSA) is 67.2 Å². The van der Waals surface area contributed by atoms with Crippen LogP contribution in [0.15, 0.2) is 24.3 Å². The molecule has 5 nitrogen and oxygen atoms in total. The van der Waals surface area contributed by atoms with Crippen LogP contribution in [0.5, 0.6) is 0 Å². The second kappa shape index (κ2) is 6.79. The van der Waals surface area contributed by atoms with E-state index in [1.54, 1.807) is 12.1 Å². The Morgan fingerprint density at radius 1 is 1.31 bits per heavy atom. The van der Waals surface area contributed by atoms with Crippen LogP contribution in [0.25, 0.3) is 0 Å². The molecule has 1 aromatic rings. The summed E-state index contributed by atoms with van der Waals surface area (Å²) in [5, 5.41) is 16.9. The van der Waals surface area contributed by atoms with Gasteiger partial charge in [-0.25, -0.2) is 0 Å². The van der Waals surface area contributed by atoms with Gasteiger partial charge in [-0.15, -0.1) is 0 Å². The summed E-state index contributed by atoms with van der Waals surface area (Å²) in [6.07, 6.45) is 1.11. The van der Waals surface area contributed by atoms with Crippen LogP contribution in [-0.2, 0) is 0 Å². The molecule has 0 aliphatic carbocycles. The third-order valence-electron chi connectivity index (χ3n) is 2.11. The standard InChI is InChI=1S/C11H17N3O2/c1-2-6-12-7-8-13-10-4-3-5-11(9-10)14(15)16/h3-5,9,12-13H,2,6-8H2,1H3. The summed E-state index contributed by atoms with van der Waals surface area (Å²) < 4.78 is 0. The zero-order chi connectivity index (χ0) is 11.8. The maximum absolute atomic E-state index is 10.5. The Kier molecular flexibility index (Phi) is 5.28. The zero-order valence-corrected chi connectivity index (χ0v) is 9.40. The Morgan fingerprint density at radius 3 is 2.81 bits per heavy atom. The van der Waals surface area contributed by atoms with Crippen molar-refractivity contribution < 1.29 is 4.92 Å². The Balaban J connectivity index is 2.36. The van der Waals surface area contributed by atoms with Crippen molar-refractivity contribution in [3.63, 3.8) is 0 Å². The molecule has 0 aliphatic rings. The summed E-state index contributed by atoms with van der Waals surface area (Å²) in [6.45, 7) is 4.73. The maximum atomic E-state index is 10.5. The van der Waals surface area contributed by atoms with E-state index in [1.165, 1.54) is 6.07 Å². The number of nitrogens with one attached hydrogen (secondary N) is 2. The molecule has 0 unspecified atom stereocenters. The first kappa shape index (κ1) is 12.4. The van der Waals surface area contributed by atoms with E-state index in [0.29, 0.717) is 0 Å². The minimum absolute atomic E-state index is 0.117. The molecule has 0 fully saturated rings. The molecular weight excluding hydrogens is 206 g/mol. The van der Waals surface area contributed by atoms with Gasteiger partial charge in [0.15, 0.2) is 0 Å². The van der Waals surface area contributed by atoms with Crippen molar-refractivity contribution in [2.45, 2.75) is 13.3 Å². The molecule has 1 rings (SSSR count). The number of anilines is 1. The fourth-order valence-electron chi connectivity index (χ4n) is 1.33. The van der Waals surface area contributed by atoms with Gasteiger partial charge in [0.1, 0.15) is 0 Å². The fraction of sp³-hybridized carbons (Fsp3) is 0.455. The summed E-state index contributed by atoms with van der Waals surface area (Å²) in [7, 11) is 0. The molecule has 1 aromatic carbocycles. The molecular formula is C11H17N3O2. The second-order valence-corrected chi connectivity index (χ2v) is 3.48. The number of benzene rings is 1. The molecule has 5 heteroatoms. The Labute approximate surface area is 95.0 Å². The van der Waals surface area contributed by atoms with Crippen LogP contribution in [0.4, 0.5) is 11.4 Å². The van der Waals surface area contributed by atoms with Gasteiger partial charge in [-0.2, -0.15) is 0 Å². The van der Waals surface area contributed by atoms with E-state index in [0.717, 1.165) is 31.7 Å². The Bertz CT molecular complexity index is 342. The van der Waals surface area contributed by atoms with Crippen LogP contribution < -0.4 is 10.6 Å². The molecule has 0 saturated heterocycles. The number of nitro groups is 1. The Hall–Kier alpha value is -1.62. The molecule has 0 amide bonds. The molecule has 0 heterocycles. The number of hydrogen-bond acceptors (Lipinski definition) is 4. The predicted octanol–water partition coefficient (Wildman–Crippen LogP) is 2.01. The lowest BCUT2D eigenvalue weighted by atomic mass is 10.3. The third-order valence-corrected chi connectivity index (χ3v) is 2.11. The van der Waals surface area contributed by atoms with Crippen molar-refractivity contribution in [3.05, 3.63) is 34.4 Å². The molecule has 0 radical (unpaired) electrons. The Morgan fingerprint density at radius 2 is 2.12 bits per heavy atom. The number of nitro benzene ring substituents is 1. The lowest BCUT2D eigenvalue weighted by Gasteiger charge is -2.06. The van der Waals surface area contributed by atoms with Gasteiger partial charge in [-0.3, -0.25) is 10.1 Å². The summed E-state index contributed by atoms with van der Waals surface area (Å²) in [5.74, 6) is 0. The van der Waals surface area contributed by atoms with Crippen LogP contribution in [0.2, 0.25) is 0 Å². The van der Waals surface area contributed by atoms with Gasteiger partial charge < -0.3 is 10.6 Å². The number of nitrogens with zero attached hydrogens (tertiary/aromatic N) is 1. The lowest BCUT2D eigenvalue weighted by molar-refractivity contribution is -0.384. The molecule has 0 bridgehead atoms. The summed E-state index contributed by atoms with van der Waals surface area (Å²) in [6, 6.07) is 6.53. The first-order chi connectivity index (χ1) is 7.74. The smallest absolute Gasteiger partial charge is 0.271 e. The second-order valence-electron chi connectivity index (χ2n) is 3.48. The molecule has 16 heavy (non-hydrogen) atoms. The highest BCUT2D eigenvalue weighted by Gasteiger charge is 2.04. The highest BCUT2D eigenvalue weighted by atomic mass is 16.6. The molecule has 0 atom stereocenters. The van der Waals surface area contributed by atoms with Crippen LogP contribution in [0, 0.1) is 10.1 Å². The fourth-order valence-corrected chi connectivity index (χ4v) is 1.33. The van der Waals surface area contributed by atoms with Gasteiger partial charge >= 0.3 is 0 Å². The molecule has 0 aromatic heterocycles. The summed E-state index contributed by atoms with van der Waals surface area (Å²) in [5.41, 5.74) is 0.902. The van der Waals surface area contributed by atoms with Crippen LogP contribution >= 0.6 is 0 Å². The largest absolute Gasteiger partial charge is 0.384 e. The van der Waals surface area contributed by atoms with Crippen molar-refractivity contribution in [2.24, 2.45) is 0 Å². The van der Waals surface area contributed by atoms with E-state index < -0.39 is 0 Å². The SMILES string of the molecule is CCCNCCNc1cccc([N+](=O)[O-])c1. The van der Waals surface area contributed by atoms with Gasteiger partial charge in [-0.05, 0) is 19.0 Å². The van der Waals surface area contributed by atoms with E-state index in [1.807, 2.05) is 6.07 Å². The quantitative estimate of drug-likeness (QED) is 0.421. The summed E-state index contributed by atoms with van der Waals surface area (Å²) in [4.78, 5) is 10.1. The van der Waals surface area contributed by atoms with Gasteiger partial charge in [0.05, 0.1) is 4.92 Å². The highest BCUT2D eigenvalue weighted by molar-refractivity contribution is 5.50. The monoisotopic (exact) mass is 223 g/mol. The van der Waals surface area contributed by atoms with E-state index in [4.69, 9.17) is 0 Å². The van der Waals surface area contributed by atoms with E-state index in [-0.39, 0.29) is 10.6 Å². The van der Waals surface area contributed by atoms with Gasteiger partial charge in [-0.1, -0.05) is 13.0 Å². The molecule has 0 saturated carbocycles. The molecule has 0 aliphatic heterocycles. The molecule has 88 valence electrons. The van der Waals surface area contributed by atoms with Crippen LogP contribution in [0.3, 0.4) is 0 Å². The van der Waals surface area contributed by atoms with Crippen molar-refractivity contribution in [3.8, 4) is 0 Å². The van der Waals surface area contributed by atoms with E-state index in [2.05, 4.69) is 17.6 Å². The van der Waals surface area contributed by atoms with Gasteiger partial charge in [0, 0.05) is 30.9 Å². The number of hydrogen-bond donors (Lipinski definition) is 2. The lowest BCUT2D eigenvalue weighted by Crippen LogP contribution is -2.22. The zero-order valence-electron chi connectivity index (χ0n) is 9.40. The third kappa shape index (κ3) is 4.27. The predicted molar refractivity (Wildman–Crippen MR) is 64.7 cm³/mol. The molecule has 0 spiro atoms. The normalized spacial score (nSPS) is 10.1. The first-order valence-corrected chi connectivity index (χ1v) is 5.43. The minimum Gasteiger partial charge on any atom is -0.384 e. The molecule has 2 N–H and O–H groups in total. The van der Waals surface area contributed by atoms with Crippen LogP contribution in [-0.4, -0.2) is 24.6 Å². The van der Waals surface area contributed by atoms with E-state index in [9.17, 15) is 10.1 Å².